The Kier molecular flexibility index (Phi) is 3.95. The van der Waals surface area contributed by atoms with Gasteiger partial charge in [0, 0.05) is 20.1 Å². The number of hydrogen-bond acceptors (Lipinski definition) is 4. The van der Waals surface area contributed by atoms with Crippen LogP contribution < -0.4 is 0 Å². The number of rotatable bonds is 0. The number of hydrogen-bond donors (Lipinski definition) is 0. The van der Waals surface area contributed by atoms with E-state index >= 15 is 0 Å². The first-order chi connectivity index (χ1) is 9.23. The lowest BCUT2D eigenvalue weighted by Crippen LogP contribution is -2.62. The van der Waals surface area contributed by atoms with Crippen LogP contribution in [0, 0.1) is 0 Å². The second-order valence-corrected chi connectivity index (χ2v) is 6.64. The molecular weight excluding hydrogens is 260 g/mol. The molecule has 2 aliphatic heterocycles. The number of likely N-dealkylation sites (N-methyl/N-ethyl adjacent to an activating group) is 1. The molecule has 2 aliphatic rings. The quantitative estimate of drug-likeness (QED) is 0.671. The van der Waals surface area contributed by atoms with Crippen molar-refractivity contribution in [2.24, 2.45) is 0 Å². The number of amides is 2. The molecule has 114 valence electrons. The van der Waals surface area contributed by atoms with Crippen molar-refractivity contribution in [1.82, 2.24) is 9.80 Å². The molecule has 2 amide bonds. The summed E-state index contributed by atoms with van der Waals surface area (Å²) in [5.41, 5.74) is -0.735. The van der Waals surface area contributed by atoms with Crippen molar-refractivity contribution >= 4 is 12.0 Å². The van der Waals surface area contributed by atoms with E-state index in [-0.39, 0.29) is 24.1 Å². The minimum Gasteiger partial charge on any atom is -0.444 e. The van der Waals surface area contributed by atoms with E-state index in [9.17, 15) is 9.59 Å². The van der Waals surface area contributed by atoms with Gasteiger partial charge in [0.05, 0.1) is 12.1 Å². The summed E-state index contributed by atoms with van der Waals surface area (Å²) in [7, 11) is 1.83. The Bertz CT molecular complexity index is 394. The normalized spacial score (nSPS) is 23.1. The Morgan fingerprint density at radius 3 is 2.45 bits per heavy atom. The average molecular weight is 284 g/mol. The molecule has 0 saturated carbocycles. The first-order valence-corrected chi connectivity index (χ1v) is 7.06. The van der Waals surface area contributed by atoms with Crippen molar-refractivity contribution in [1.29, 1.82) is 0 Å². The Morgan fingerprint density at radius 1 is 1.30 bits per heavy atom. The molecular formula is C14H24N2O4. The van der Waals surface area contributed by atoms with Gasteiger partial charge in [0.2, 0.25) is 5.91 Å². The number of carbonyl (C=O) groups is 2. The third-order valence-electron chi connectivity index (χ3n) is 4.03. The molecule has 2 fully saturated rings. The zero-order valence-corrected chi connectivity index (χ0v) is 12.8. The zero-order chi connectivity index (χ0) is 15.0. The van der Waals surface area contributed by atoms with Gasteiger partial charge in [0.15, 0.2) is 0 Å². The Labute approximate surface area is 120 Å². The fraction of sp³-hybridized carbons (Fsp3) is 0.857. The van der Waals surface area contributed by atoms with Gasteiger partial charge in [-0.1, -0.05) is 0 Å². The van der Waals surface area contributed by atoms with Crippen molar-refractivity contribution in [3.63, 3.8) is 0 Å². The van der Waals surface area contributed by atoms with E-state index in [0.717, 1.165) is 12.8 Å². The Hall–Kier alpha value is -1.30. The van der Waals surface area contributed by atoms with Crippen LogP contribution in [0.5, 0.6) is 0 Å². The molecule has 0 aromatic rings. The summed E-state index contributed by atoms with van der Waals surface area (Å²) in [5, 5.41) is 0. The van der Waals surface area contributed by atoms with Crippen molar-refractivity contribution in [2.75, 3.05) is 33.4 Å². The number of piperidine rings is 1. The summed E-state index contributed by atoms with van der Waals surface area (Å²) in [6.45, 7) is 7.48. The van der Waals surface area contributed by atoms with E-state index < -0.39 is 5.60 Å². The topological polar surface area (TPSA) is 59.1 Å². The molecule has 2 rings (SSSR count). The molecule has 6 nitrogen and oxygen atoms in total. The van der Waals surface area contributed by atoms with Gasteiger partial charge in [-0.05, 0) is 33.6 Å². The Morgan fingerprint density at radius 2 is 1.90 bits per heavy atom. The largest absolute Gasteiger partial charge is 0.444 e. The van der Waals surface area contributed by atoms with Crippen molar-refractivity contribution in [3.8, 4) is 0 Å². The second-order valence-electron chi connectivity index (χ2n) is 6.64. The monoisotopic (exact) mass is 284 g/mol. The fourth-order valence-electron chi connectivity index (χ4n) is 2.70. The number of nitrogens with zero attached hydrogens (tertiary/aromatic N) is 2. The highest BCUT2D eigenvalue weighted by molar-refractivity contribution is 5.79. The van der Waals surface area contributed by atoms with Crippen LogP contribution in [0.25, 0.3) is 0 Å². The first-order valence-electron chi connectivity index (χ1n) is 7.06. The predicted molar refractivity (Wildman–Crippen MR) is 73.4 cm³/mol. The van der Waals surface area contributed by atoms with Gasteiger partial charge in [0.25, 0.3) is 0 Å². The van der Waals surface area contributed by atoms with Crippen LogP contribution >= 0.6 is 0 Å². The summed E-state index contributed by atoms with van der Waals surface area (Å²) >= 11 is 0. The fourth-order valence-corrected chi connectivity index (χ4v) is 2.70. The van der Waals surface area contributed by atoms with Gasteiger partial charge in [-0.3, -0.25) is 4.79 Å². The third kappa shape index (κ3) is 3.06. The highest BCUT2D eigenvalue weighted by Gasteiger charge is 2.44. The maximum absolute atomic E-state index is 12.0. The van der Waals surface area contributed by atoms with Crippen LogP contribution in [0.2, 0.25) is 0 Å². The molecule has 0 radical (unpaired) electrons. The van der Waals surface area contributed by atoms with Gasteiger partial charge in [-0.15, -0.1) is 0 Å². The Balaban J connectivity index is 1.95. The first kappa shape index (κ1) is 15.1. The van der Waals surface area contributed by atoms with Crippen molar-refractivity contribution in [2.45, 2.75) is 44.8 Å². The van der Waals surface area contributed by atoms with E-state index in [2.05, 4.69) is 0 Å². The number of morpholine rings is 1. The van der Waals surface area contributed by atoms with Gasteiger partial charge < -0.3 is 19.3 Å². The van der Waals surface area contributed by atoms with Gasteiger partial charge >= 0.3 is 6.09 Å². The van der Waals surface area contributed by atoms with Gasteiger partial charge in [-0.2, -0.15) is 0 Å². The molecule has 0 aliphatic carbocycles. The molecule has 0 aromatic heterocycles. The van der Waals surface area contributed by atoms with E-state index in [1.54, 1.807) is 9.80 Å². The van der Waals surface area contributed by atoms with Crippen LogP contribution in [0.4, 0.5) is 4.79 Å². The highest BCUT2D eigenvalue weighted by atomic mass is 16.6. The summed E-state index contributed by atoms with van der Waals surface area (Å²) in [6, 6.07) is 0. The molecule has 0 N–H and O–H groups in total. The third-order valence-corrected chi connectivity index (χ3v) is 4.03. The lowest BCUT2D eigenvalue weighted by Gasteiger charge is -2.49. The van der Waals surface area contributed by atoms with Gasteiger partial charge in [-0.25, -0.2) is 4.79 Å². The van der Waals surface area contributed by atoms with Crippen LogP contribution in [0.3, 0.4) is 0 Å². The van der Waals surface area contributed by atoms with E-state index in [1.807, 2.05) is 27.8 Å². The molecule has 0 atom stereocenters. The molecule has 0 bridgehead atoms. The maximum Gasteiger partial charge on any atom is 0.410 e. The molecule has 1 spiro atoms. The number of ether oxygens (including phenoxy) is 2. The molecule has 2 saturated heterocycles. The second kappa shape index (κ2) is 5.24. The van der Waals surface area contributed by atoms with Crippen LogP contribution in [-0.2, 0) is 14.3 Å². The predicted octanol–water partition coefficient (Wildman–Crippen LogP) is 1.24. The van der Waals surface area contributed by atoms with E-state index in [4.69, 9.17) is 9.47 Å². The number of likely N-dealkylation sites (tertiary alicyclic amines) is 1. The molecule has 2 heterocycles. The standard InChI is InChI=1S/C14H24N2O4/c1-13(2,3)20-12(18)16-7-5-14(6-8-16)10-19-9-11(17)15(14)4/h5-10H2,1-4H3. The number of carbonyl (C=O) groups excluding carboxylic acids is 2. The molecule has 6 heteroatoms. The summed E-state index contributed by atoms with van der Waals surface area (Å²) in [6.07, 6.45) is 1.18. The lowest BCUT2D eigenvalue weighted by atomic mass is 9.86. The maximum atomic E-state index is 12.0. The zero-order valence-electron chi connectivity index (χ0n) is 12.8. The van der Waals surface area contributed by atoms with Crippen molar-refractivity contribution < 1.29 is 19.1 Å². The van der Waals surface area contributed by atoms with Crippen LogP contribution in [0.1, 0.15) is 33.6 Å². The van der Waals surface area contributed by atoms with Crippen LogP contribution in [0.15, 0.2) is 0 Å². The summed E-state index contributed by atoms with van der Waals surface area (Å²) < 4.78 is 10.8. The smallest absolute Gasteiger partial charge is 0.410 e. The molecule has 0 aromatic carbocycles. The SMILES string of the molecule is CN1C(=O)COCC12CCN(C(=O)OC(C)(C)C)CC2. The minimum absolute atomic E-state index is 0.0157. The van der Waals surface area contributed by atoms with E-state index in [0.29, 0.717) is 19.7 Å². The van der Waals surface area contributed by atoms with Crippen molar-refractivity contribution in [3.05, 3.63) is 0 Å². The van der Waals surface area contributed by atoms with Gasteiger partial charge in [0.1, 0.15) is 12.2 Å². The summed E-state index contributed by atoms with van der Waals surface area (Å²) in [4.78, 5) is 27.3. The van der Waals surface area contributed by atoms with E-state index in [1.165, 1.54) is 0 Å². The molecule has 0 unspecified atom stereocenters. The average Bonchev–Trinajstić information content (AvgIpc) is 2.35. The minimum atomic E-state index is -0.479. The highest BCUT2D eigenvalue weighted by Crippen LogP contribution is 2.31. The summed E-state index contributed by atoms with van der Waals surface area (Å²) in [5.74, 6) is 0.0157. The lowest BCUT2D eigenvalue weighted by molar-refractivity contribution is -0.159. The molecule has 20 heavy (non-hydrogen) atoms. The van der Waals surface area contributed by atoms with Crippen LogP contribution in [-0.4, -0.2) is 66.3 Å².